The zero-order chi connectivity index (χ0) is 24.1. The first-order chi connectivity index (χ1) is 15.2. The smallest absolute Gasteiger partial charge is 0.399 e. The van der Waals surface area contributed by atoms with E-state index < -0.39 is 11.7 Å². The Labute approximate surface area is 186 Å². The van der Waals surface area contributed by atoms with Gasteiger partial charge in [-0.3, -0.25) is 4.79 Å². The van der Waals surface area contributed by atoms with Gasteiger partial charge < -0.3 is 15.0 Å². The van der Waals surface area contributed by atoms with Crippen LogP contribution in [0.15, 0.2) is 52.8 Å². The zero-order valence-electron chi connectivity index (χ0n) is 18.8. The maximum absolute atomic E-state index is 12.9. The van der Waals surface area contributed by atoms with Crippen molar-refractivity contribution in [3.63, 3.8) is 0 Å². The van der Waals surface area contributed by atoms with Crippen molar-refractivity contribution < 1.29 is 27.6 Å². The molecule has 0 heterocycles. The molecule has 2 aromatic rings. The summed E-state index contributed by atoms with van der Waals surface area (Å²) in [5.74, 6) is 0. The predicted molar refractivity (Wildman–Crippen MR) is 119 cm³/mol. The van der Waals surface area contributed by atoms with Gasteiger partial charge in [-0.15, -0.1) is 0 Å². The van der Waals surface area contributed by atoms with Gasteiger partial charge in [-0.2, -0.15) is 13.2 Å². The van der Waals surface area contributed by atoms with E-state index in [0.717, 1.165) is 17.7 Å². The van der Waals surface area contributed by atoms with Crippen LogP contribution in [0.3, 0.4) is 0 Å². The van der Waals surface area contributed by atoms with E-state index in [2.05, 4.69) is 15.6 Å². The van der Waals surface area contributed by atoms with E-state index in [1.54, 1.807) is 19.1 Å². The number of aldehydes is 1. The van der Waals surface area contributed by atoms with Crippen molar-refractivity contribution in [1.82, 2.24) is 5.32 Å². The van der Waals surface area contributed by atoms with Crippen LogP contribution in [0.5, 0.6) is 0 Å². The SMILES string of the molecule is CCc1cccc(/C(C=O)=N\OC)c1CO/N=C(\C)c1cccc(C(F)(F)F)c1.CNC. The Morgan fingerprint density at radius 1 is 1.12 bits per heavy atom. The number of carbonyl (C=O) groups excluding carboxylic acids is 1. The molecule has 0 atom stereocenters. The second-order valence-electron chi connectivity index (χ2n) is 6.60. The fourth-order valence-corrected chi connectivity index (χ4v) is 2.78. The fourth-order valence-electron chi connectivity index (χ4n) is 2.78. The highest BCUT2D eigenvalue weighted by atomic mass is 19.4. The van der Waals surface area contributed by atoms with Crippen LogP contribution in [-0.2, 0) is 33.7 Å². The summed E-state index contributed by atoms with van der Waals surface area (Å²) in [7, 11) is 5.09. The molecule has 0 spiro atoms. The number of rotatable bonds is 8. The van der Waals surface area contributed by atoms with E-state index >= 15 is 0 Å². The Hall–Kier alpha value is -3.20. The van der Waals surface area contributed by atoms with E-state index in [1.165, 1.54) is 19.2 Å². The van der Waals surface area contributed by atoms with E-state index in [9.17, 15) is 18.0 Å². The zero-order valence-corrected chi connectivity index (χ0v) is 18.8. The standard InChI is InChI=1S/C21H21F3N2O3.C2H7N/c1-4-15-7-6-10-18(20(12-27)26-28-3)19(15)13-29-25-14(2)16-8-5-9-17(11-16)21(22,23)24;1-3-2/h5-12H,4,13H2,1-3H3;3H,1-2H3/b25-14+,26-20-;. The van der Waals surface area contributed by atoms with Gasteiger partial charge in [0.1, 0.15) is 19.4 Å². The fraction of sp³-hybridized carbons (Fsp3) is 0.348. The monoisotopic (exact) mass is 451 g/mol. The van der Waals surface area contributed by atoms with Gasteiger partial charge in [0, 0.05) is 11.1 Å². The number of alkyl halides is 3. The maximum Gasteiger partial charge on any atom is 0.416 e. The summed E-state index contributed by atoms with van der Waals surface area (Å²) in [4.78, 5) is 21.5. The Kier molecular flexibility index (Phi) is 11.1. The van der Waals surface area contributed by atoms with Gasteiger partial charge in [-0.1, -0.05) is 47.6 Å². The first-order valence-corrected chi connectivity index (χ1v) is 9.83. The lowest BCUT2D eigenvalue weighted by Crippen LogP contribution is -2.10. The van der Waals surface area contributed by atoms with Crippen LogP contribution >= 0.6 is 0 Å². The van der Waals surface area contributed by atoms with Crippen LogP contribution in [0.25, 0.3) is 0 Å². The molecule has 0 saturated carbocycles. The lowest BCUT2D eigenvalue weighted by molar-refractivity contribution is -0.137. The van der Waals surface area contributed by atoms with Crippen molar-refractivity contribution in [2.24, 2.45) is 10.3 Å². The molecule has 1 N–H and O–H groups in total. The Morgan fingerprint density at radius 2 is 1.78 bits per heavy atom. The highest BCUT2D eigenvalue weighted by Gasteiger charge is 2.30. The summed E-state index contributed by atoms with van der Waals surface area (Å²) in [5, 5.41) is 10.4. The molecule has 0 aliphatic heterocycles. The second-order valence-corrected chi connectivity index (χ2v) is 6.60. The highest BCUT2D eigenvalue weighted by Crippen LogP contribution is 2.29. The molecular formula is C23H28F3N3O3. The van der Waals surface area contributed by atoms with Crippen LogP contribution in [0.2, 0.25) is 0 Å². The van der Waals surface area contributed by atoms with Crippen molar-refractivity contribution in [1.29, 1.82) is 0 Å². The molecule has 0 fully saturated rings. The number of halogens is 3. The second kappa shape index (κ2) is 13.3. The minimum atomic E-state index is -4.43. The number of nitrogens with zero attached hydrogens (tertiary/aromatic N) is 2. The van der Waals surface area contributed by atoms with Crippen LogP contribution in [0, 0.1) is 0 Å². The van der Waals surface area contributed by atoms with Crippen LogP contribution in [0.1, 0.15) is 41.7 Å². The minimum absolute atomic E-state index is 0.0201. The number of aryl methyl sites for hydroxylation is 1. The van der Waals surface area contributed by atoms with Crippen molar-refractivity contribution in [3.8, 4) is 0 Å². The topological polar surface area (TPSA) is 72.3 Å². The molecule has 0 aliphatic rings. The van der Waals surface area contributed by atoms with Crippen LogP contribution < -0.4 is 5.32 Å². The third-order valence-electron chi connectivity index (χ3n) is 4.25. The summed E-state index contributed by atoms with van der Waals surface area (Å²) in [6, 6.07) is 10.3. The molecule has 0 amide bonds. The van der Waals surface area contributed by atoms with E-state index in [0.29, 0.717) is 35.1 Å². The van der Waals surface area contributed by atoms with Crippen molar-refractivity contribution in [2.75, 3.05) is 21.2 Å². The molecule has 32 heavy (non-hydrogen) atoms. The molecular weight excluding hydrogens is 423 g/mol. The molecule has 0 aromatic heterocycles. The molecule has 9 heteroatoms. The van der Waals surface area contributed by atoms with Gasteiger partial charge in [0.05, 0.1) is 11.3 Å². The van der Waals surface area contributed by atoms with E-state index in [4.69, 9.17) is 9.68 Å². The number of hydrogen-bond acceptors (Lipinski definition) is 6. The number of hydrogen-bond donors (Lipinski definition) is 1. The van der Waals surface area contributed by atoms with Gasteiger partial charge >= 0.3 is 6.18 Å². The Balaban J connectivity index is 0.00000161. The van der Waals surface area contributed by atoms with Crippen molar-refractivity contribution in [2.45, 2.75) is 33.1 Å². The molecule has 2 aromatic carbocycles. The molecule has 0 aliphatic carbocycles. The number of benzene rings is 2. The molecule has 2 rings (SSSR count). The predicted octanol–water partition coefficient (Wildman–Crippen LogP) is 4.59. The lowest BCUT2D eigenvalue weighted by atomic mass is 9.97. The molecule has 0 saturated heterocycles. The van der Waals surface area contributed by atoms with Gasteiger partial charge in [0.15, 0.2) is 6.29 Å². The third-order valence-corrected chi connectivity index (χ3v) is 4.25. The summed E-state index contributed by atoms with van der Waals surface area (Å²) in [5.41, 5.74) is 2.15. The van der Waals surface area contributed by atoms with Crippen molar-refractivity contribution in [3.05, 3.63) is 70.3 Å². The number of nitrogens with one attached hydrogen (secondary N) is 1. The molecule has 0 radical (unpaired) electrons. The average Bonchev–Trinajstić information content (AvgIpc) is 2.77. The van der Waals surface area contributed by atoms with Crippen LogP contribution in [-0.4, -0.2) is 38.9 Å². The highest BCUT2D eigenvalue weighted by molar-refractivity contribution is 6.36. The molecule has 0 unspecified atom stereocenters. The summed E-state index contributed by atoms with van der Waals surface area (Å²) in [6.45, 7) is 3.53. The van der Waals surface area contributed by atoms with E-state index in [1.807, 2.05) is 27.1 Å². The van der Waals surface area contributed by atoms with Gasteiger partial charge in [0.25, 0.3) is 0 Å². The minimum Gasteiger partial charge on any atom is -0.399 e. The Bertz CT molecular complexity index is 942. The van der Waals surface area contributed by atoms with Gasteiger partial charge in [-0.05, 0) is 50.7 Å². The van der Waals surface area contributed by atoms with E-state index in [-0.39, 0.29) is 12.3 Å². The first kappa shape index (κ1) is 26.8. The summed E-state index contributed by atoms with van der Waals surface area (Å²) < 4.78 is 38.7. The quantitative estimate of drug-likeness (QED) is 0.362. The number of oxime groups is 2. The van der Waals surface area contributed by atoms with Crippen LogP contribution in [0.4, 0.5) is 13.2 Å². The number of carbonyl (C=O) groups is 1. The lowest BCUT2D eigenvalue weighted by Gasteiger charge is -2.13. The van der Waals surface area contributed by atoms with Gasteiger partial charge in [0.2, 0.25) is 0 Å². The van der Waals surface area contributed by atoms with Gasteiger partial charge in [-0.25, -0.2) is 0 Å². The summed E-state index contributed by atoms with van der Waals surface area (Å²) in [6.07, 6.45) is -3.17. The third kappa shape index (κ3) is 7.81. The normalized spacial score (nSPS) is 12.0. The molecule has 0 bridgehead atoms. The van der Waals surface area contributed by atoms with Crippen molar-refractivity contribution >= 4 is 17.7 Å². The largest absolute Gasteiger partial charge is 0.416 e. The molecule has 6 nitrogen and oxygen atoms in total. The average molecular weight is 451 g/mol. The summed E-state index contributed by atoms with van der Waals surface area (Å²) >= 11 is 0. The Morgan fingerprint density at radius 3 is 2.34 bits per heavy atom. The molecule has 174 valence electrons. The maximum atomic E-state index is 12.9. The first-order valence-electron chi connectivity index (χ1n) is 9.83.